The molecule has 0 aliphatic heterocycles. The molecule has 0 amide bonds. The summed E-state index contributed by atoms with van der Waals surface area (Å²) in [5, 5.41) is 0. The van der Waals surface area contributed by atoms with Crippen LogP contribution in [0.15, 0.2) is 0 Å². The molecule has 0 aliphatic rings. The van der Waals surface area contributed by atoms with E-state index >= 15 is 0 Å². The van der Waals surface area contributed by atoms with Crippen LogP contribution in [0.1, 0.15) is 0 Å². The van der Waals surface area contributed by atoms with Gasteiger partial charge in [-0.1, -0.05) is 0 Å². The van der Waals surface area contributed by atoms with E-state index in [1.807, 2.05) is 0 Å². The molecule has 0 rings (SSSR count). The van der Waals surface area contributed by atoms with E-state index < -0.39 is 9.17 Å². The SMILES string of the molecule is O.O.O=[Si](O)O.[AlH3].[KH]. The predicted molar refractivity (Wildman–Crippen MR) is 35.2 cm³/mol. The van der Waals surface area contributed by atoms with Gasteiger partial charge in [0.2, 0.25) is 0 Å². The van der Waals surface area contributed by atoms with Gasteiger partial charge >= 0.3 is 60.6 Å². The van der Waals surface area contributed by atoms with Gasteiger partial charge in [-0.3, -0.25) is 4.46 Å². The Morgan fingerprint density at radius 3 is 1.12 bits per heavy atom. The van der Waals surface area contributed by atoms with E-state index in [2.05, 4.69) is 0 Å². The van der Waals surface area contributed by atoms with Crippen LogP contribution in [-0.4, -0.2) is 98.5 Å². The molecule has 48 valence electrons. The molecule has 0 fully saturated rings. The van der Waals surface area contributed by atoms with Crippen molar-refractivity contribution in [2.24, 2.45) is 0 Å². The van der Waals surface area contributed by atoms with E-state index in [1.54, 1.807) is 0 Å². The summed E-state index contributed by atoms with van der Waals surface area (Å²) in [4.78, 5) is 14.3. The van der Waals surface area contributed by atoms with Crippen molar-refractivity contribution in [2.75, 3.05) is 0 Å². The van der Waals surface area contributed by atoms with Crippen LogP contribution in [0.2, 0.25) is 0 Å². The van der Waals surface area contributed by atoms with Crippen LogP contribution in [0.5, 0.6) is 0 Å². The third-order valence-corrected chi connectivity index (χ3v) is 0. The molecule has 5 nitrogen and oxygen atoms in total. The molecule has 0 aromatic rings. The molecular weight excluding hydrogens is 174 g/mol. The zero-order valence-electron chi connectivity index (χ0n) is 2.80. The van der Waals surface area contributed by atoms with Gasteiger partial charge in [0.15, 0.2) is 17.4 Å². The molecule has 0 aliphatic carbocycles. The molecule has 0 radical (unpaired) electrons. The average Bonchev–Trinajstić information content (AvgIpc) is 0.811. The van der Waals surface area contributed by atoms with E-state index in [0.717, 1.165) is 0 Å². The van der Waals surface area contributed by atoms with Gasteiger partial charge in [0.1, 0.15) is 0 Å². The van der Waals surface area contributed by atoms with Crippen molar-refractivity contribution >= 4 is 77.9 Å². The summed E-state index contributed by atoms with van der Waals surface area (Å²) in [5.74, 6) is 0. The maximum absolute atomic E-state index is 8.74. The van der Waals surface area contributed by atoms with E-state index in [0.29, 0.717) is 0 Å². The zero-order valence-corrected chi connectivity index (χ0v) is 3.80. The van der Waals surface area contributed by atoms with Gasteiger partial charge in [-0.15, -0.1) is 0 Å². The van der Waals surface area contributed by atoms with Crippen molar-refractivity contribution in [1.82, 2.24) is 0 Å². The van der Waals surface area contributed by atoms with Gasteiger partial charge in [-0.2, -0.15) is 0 Å². The average molecular weight is 184 g/mol. The molecule has 0 unspecified atom stereocenters. The molecule has 6 N–H and O–H groups in total. The Morgan fingerprint density at radius 1 is 1.12 bits per heavy atom. The number of hydrogen-bond acceptors (Lipinski definition) is 1. The topological polar surface area (TPSA) is 121 Å². The number of rotatable bonds is 0. The van der Waals surface area contributed by atoms with Gasteiger partial charge in [0, 0.05) is 0 Å². The molecule has 0 aromatic carbocycles. The molecule has 0 bridgehead atoms. The number of hydrogen-bond donors (Lipinski definition) is 2. The Balaban J connectivity index is -0.00000000750. The minimum absolute atomic E-state index is 0. The molecular formula is H10AlKO5Si. The summed E-state index contributed by atoms with van der Waals surface area (Å²) in [6.07, 6.45) is 0. The van der Waals surface area contributed by atoms with Crippen molar-refractivity contribution in [3.8, 4) is 0 Å². The van der Waals surface area contributed by atoms with E-state index in [-0.39, 0.29) is 79.7 Å². The Hall–Kier alpha value is 1.71. The fourth-order valence-electron chi connectivity index (χ4n) is 0. The third kappa shape index (κ3) is 119. The van der Waals surface area contributed by atoms with Crippen LogP contribution in [0.3, 0.4) is 0 Å². The Bertz CT molecular complexity index is 35.4. The van der Waals surface area contributed by atoms with Crippen LogP contribution in [-0.2, 0) is 4.46 Å². The molecule has 0 spiro atoms. The molecule has 0 atom stereocenters. The van der Waals surface area contributed by atoms with Crippen molar-refractivity contribution in [3.05, 3.63) is 0 Å². The summed E-state index contributed by atoms with van der Waals surface area (Å²) < 4.78 is 8.74. The first kappa shape index (κ1) is 33.2. The fourth-order valence-corrected chi connectivity index (χ4v) is 0. The van der Waals surface area contributed by atoms with Crippen molar-refractivity contribution < 1.29 is 25.0 Å². The first-order chi connectivity index (χ1) is 1.73. The second kappa shape index (κ2) is 23.3. The van der Waals surface area contributed by atoms with Gasteiger partial charge in [0.25, 0.3) is 0 Å². The molecule has 0 aromatic heterocycles. The normalized spacial score (nSPS) is 3.00. The minimum atomic E-state index is -3.13. The van der Waals surface area contributed by atoms with Crippen molar-refractivity contribution in [3.63, 3.8) is 0 Å². The zero-order chi connectivity index (χ0) is 3.58. The van der Waals surface area contributed by atoms with Gasteiger partial charge in [-0.25, -0.2) is 0 Å². The summed E-state index contributed by atoms with van der Waals surface area (Å²) in [5.41, 5.74) is 0. The van der Waals surface area contributed by atoms with Crippen LogP contribution < -0.4 is 0 Å². The summed E-state index contributed by atoms with van der Waals surface area (Å²) >= 11 is 0. The molecule has 0 saturated carbocycles. The van der Waals surface area contributed by atoms with Crippen LogP contribution in [0.25, 0.3) is 0 Å². The molecule has 0 saturated heterocycles. The van der Waals surface area contributed by atoms with E-state index in [4.69, 9.17) is 14.1 Å². The third-order valence-electron chi connectivity index (χ3n) is 0. The molecule has 0 heterocycles. The summed E-state index contributed by atoms with van der Waals surface area (Å²) in [7, 11) is -3.13. The predicted octanol–water partition coefficient (Wildman–Crippen LogP) is -5.10. The second-order valence-corrected chi connectivity index (χ2v) is 0.848. The quantitative estimate of drug-likeness (QED) is 0.366. The van der Waals surface area contributed by atoms with Crippen LogP contribution in [0.4, 0.5) is 0 Å². The summed E-state index contributed by atoms with van der Waals surface area (Å²) in [6.45, 7) is 0. The Labute approximate surface area is 101 Å². The maximum atomic E-state index is 8.74. The fraction of sp³-hybridized carbons (Fsp3) is 0. The van der Waals surface area contributed by atoms with E-state index in [1.165, 1.54) is 0 Å². The van der Waals surface area contributed by atoms with Crippen LogP contribution >= 0.6 is 0 Å². The van der Waals surface area contributed by atoms with Crippen LogP contribution in [0, 0.1) is 0 Å². The molecule has 8 heavy (non-hydrogen) atoms. The van der Waals surface area contributed by atoms with Gasteiger partial charge in [-0.05, 0) is 0 Å². The monoisotopic (exact) mass is 184 g/mol. The van der Waals surface area contributed by atoms with Crippen molar-refractivity contribution in [2.45, 2.75) is 0 Å². The van der Waals surface area contributed by atoms with E-state index in [9.17, 15) is 0 Å². The standard InChI is InChI=1S/Al.K.H2O3Si.2H2O.4H/c;;1-4(2)3;;;;;;/h;;1-2H;2*1H2;;;;. The van der Waals surface area contributed by atoms with Crippen molar-refractivity contribution in [1.29, 1.82) is 0 Å². The first-order valence-electron chi connectivity index (χ1n) is 0.651. The summed E-state index contributed by atoms with van der Waals surface area (Å²) in [6, 6.07) is 0. The van der Waals surface area contributed by atoms with Gasteiger partial charge in [0.05, 0.1) is 0 Å². The Kier molecular flexibility index (Phi) is 96.9. The first-order valence-corrected chi connectivity index (χ1v) is 1.95. The Morgan fingerprint density at radius 2 is 1.12 bits per heavy atom. The second-order valence-electron chi connectivity index (χ2n) is 0.283. The molecule has 8 heteroatoms. The van der Waals surface area contributed by atoms with Gasteiger partial charge < -0.3 is 20.5 Å².